The van der Waals surface area contributed by atoms with Crippen molar-refractivity contribution in [3.63, 3.8) is 0 Å². The van der Waals surface area contributed by atoms with E-state index < -0.39 is 0 Å². The minimum absolute atomic E-state index is 0.0310. The summed E-state index contributed by atoms with van der Waals surface area (Å²) in [6.45, 7) is 4.73. The highest BCUT2D eigenvalue weighted by molar-refractivity contribution is 5.95. The maximum atomic E-state index is 13.2. The molecule has 2 aromatic carbocycles. The van der Waals surface area contributed by atoms with Crippen LogP contribution in [0.3, 0.4) is 0 Å². The van der Waals surface area contributed by atoms with Crippen LogP contribution < -0.4 is 9.47 Å². The molecular weight excluding hydrogens is 354 g/mol. The second-order valence-electron chi connectivity index (χ2n) is 6.76. The van der Waals surface area contributed by atoms with Crippen molar-refractivity contribution in [1.82, 2.24) is 14.9 Å². The predicted octanol–water partition coefficient (Wildman–Crippen LogP) is 4.11. The lowest BCUT2D eigenvalue weighted by Crippen LogP contribution is -2.31. The van der Waals surface area contributed by atoms with E-state index >= 15 is 0 Å². The second-order valence-corrected chi connectivity index (χ2v) is 6.76. The highest BCUT2D eigenvalue weighted by Gasteiger charge is 2.33. The number of imidazole rings is 1. The van der Waals surface area contributed by atoms with Crippen molar-refractivity contribution in [2.45, 2.75) is 18.9 Å². The Labute approximate surface area is 163 Å². The molecule has 144 valence electrons. The van der Waals surface area contributed by atoms with Crippen molar-refractivity contribution in [3.8, 4) is 11.5 Å². The Kier molecular flexibility index (Phi) is 5.02. The number of fused-ring (bicyclic) bond motifs is 1. The molecule has 28 heavy (non-hydrogen) atoms. The highest BCUT2D eigenvalue weighted by Crippen LogP contribution is 2.34. The molecular formula is C22H23N3O3. The molecule has 0 spiro atoms. The topological polar surface area (TPSA) is 67.5 Å². The molecule has 1 atom stereocenters. The van der Waals surface area contributed by atoms with Crippen LogP contribution in [-0.2, 0) is 0 Å². The van der Waals surface area contributed by atoms with Gasteiger partial charge in [-0.05, 0) is 43.2 Å². The van der Waals surface area contributed by atoms with Gasteiger partial charge in [-0.25, -0.2) is 4.98 Å². The van der Waals surface area contributed by atoms with E-state index in [0.29, 0.717) is 30.2 Å². The normalized spacial score (nSPS) is 16.3. The van der Waals surface area contributed by atoms with Crippen molar-refractivity contribution in [2.24, 2.45) is 0 Å². The number of nitrogens with one attached hydrogen (secondary N) is 1. The van der Waals surface area contributed by atoms with E-state index in [0.717, 1.165) is 29.7 Å². The summed E-state index contributed by atoms with van der Waals surface area (Å²) in [5.74, 6) is 1.93. The van der Waals surface area contributed by atoms with Crippen LogP contribution in [0.1, 0.15) is 35.1 Å². The van der Waals surface area contributed by atoms with Gasteiger partial charge in [0.2, 0.25) is 0 Å². The zero-order valence-corrected chi connectivity index (χ0v) is 15.9. The molecule has 2 heterocycles. The van der Waals surface area contributed by atoms with E-state index in [1.165, 1.54) is 0 Å². The van der Waals surface area contributed by atoms with Crippen LogP contribution in [0.15, 0.2) is 55.1 Å². The van der Waals surface area contributed by atoms with Gasteiger partial charge < -0.3 is 19.4 Å². The summed E-state index contributed by atoms with van der Waals surface area (Å²) < 4.78 is 11.0. The molecule has 4 rings (SSSR count). The number of H-pyrrole nitrogens is 1. The fourth-order valence-electron chi connectivity index (χ4n) is 3.66. The Balaban J connectivity index is 1.60. The molecule has 1 aliphatic heterocycles. The molecule has 3 aromatic rings. The van der Waals surface area contributed by atoms with Crippen LogP contribution in [0.4, 0.5) is 0 Å². The van der Waals surface area contributed by atoms with E-state index in [1.54, 1.807) is 31.4 Å². The quantitative estimate of drug-likeness (QED) is 0.657. The lowest BCUT2D eigenvalue weighted by atomic mass is 10.1. The average molecular weight is 377 g/mol. The van der Waals surface area contributed by atoms with Crippen LogP contribution in [0.2, 0.25) is 0 Å². The molecule has 1 aliphatic rings. The number of hydrogen-bond acceptors (Lipinski definition) is 4. The predicted molar refractivity (Wildman–Crippen MR) is 108 cm³/mol. The highest BCUT2D eigenvalue weighted by atomic mass is 16.5. The molecule has 1 fully saturated rings. The molecule has 6 nitrogen and oxygen atoms in total. The minimum Gasteiger partial charge on any atom is -0.493 e. The third kappa shape index (κ3) is 3.33. The third-order valence-corrected chi connectivity index (χ3v) is 5.00. The smallest absolute Gasteiger partial charge is 0.254 e. The standard InChI is InChI=1S/C22H23N3O3/c1-3-13-28-19-11-10-15(14-20(19)27-2)22(26)25-12-6-9-18(25)21-23-16-7-4-5-8-17(16)24-21/h3-5,7-8,10-11,14,18H,1,6,9,12-13H2,2H3,(H,23,24). The molecule has 0 radical (unpaired) electrons. The van der Waals surface area contributed by atoms with Gasteiger partial charge in [-0.15, -0.1) is 0 Å². The number of aromatic nitrogens is 2. The zero-order chi connectivity index (χ0) is 19.5. The Bertz CT molecular complexity index is 978. The number of amides is 1. The summed E-state index contributed by atoms with van der Waals surface area (Å²) in [7, 11) is 1.57. The minimum atomic E-state index is -0.0532. The van der Waals surface area contributed by atoms with Gasteiger partial charge in [-0.3, -0.25) is 4.79 Å². The molecule has 1 aromatic heterocycles. The molecule has 0 saturated carbocycles. The van der Waals surface area contributed by atoms with Gasteiger partial charge in [0.05, 0.1) is 24.2 Å². The Morgan fingerprint density at radius 2 is 2.18 bits per heavy atom. The summed E-state index contributed by atoms with van der Waals surface area (Å²) in [4.78, 5) is 23.2. The summed E-state index contributed by atoms with van der Waals surface area (Å²) >= 11 is 0. The summed E-state index contributed by atoms with van der Waals surface area (Å²) in [6, 6.07) is 13.1. The average Bonchev–Trinajstić information content (AvgIpc) is 3.38. The molecule has 1 saturated heterocycles. The number of rotatable bonds is 6. The molecule has 0 bridgehead atoms. The molecule has 6 heteroatoms. The second kappa shape index (κ2) is 7.76. The van der Waals surface area contributed by atoms with Gasteiger partial charge in [0.15, 0.2) is 11.5 Å². The fraction of sp³-hybridized carbons (Fsp3) is 0.273. The first-order chi connectivity index (χ1) is 13.7. The number of methoxy groups -OCH3 is 1. The van der Waals surface area contributed by atoms with E-state index in [-0.39, 0.29) is 11.9 Å². The van der Waals surface area contributed by atoms with Crippen molar-refractivity contribution >= 4 is 16.9 Å². The SMILES string of the molecule is C=CCOc1ccc(C(=O)N2CCCC2c2nc3ccccc3[nH]2)cc1OC. The number of benzene rings is 2. The molecule has 1 unspecified atom stereocenters. The van der Waals surface area contributed by atoms with Crippen LogP contribution in [-0.4, -0.2) is 41.0 Å². The number of likely N-dealkylation sites (tertiary alicyclic amines) is 1. The maximum Gasteiger partial charge on any atom is 0.254 e. The van der Waals surface area contributed by atoms with Gasteiger partial charge in [-0.2, -0.15) is 0 Å². The van der Waals surface area contributed by atoms with Crippen molar-refractivity contribution in [3.05, 3.63) is 66.5 Å². The summed E-state index contributed by atoms with van der Waals surface area (Å²) in [5, 5.41) is 0. The largest absolute Gasteiger partial charge is 0.493 e. The van der Waals surface area contributed by atoms with E-state index in [2.05, 4.69) is 11.6 Å². The molecule has 0 aliphatic carbocycles. The van der Waals surface area contributed by atoms with Crippen molar-refractivity contribution in [2.75, 3.05) is 20.3 Å². The lowest BCUT2D eigenvalue weighted by molar-refractivity contribution is 0.0730. The van der Waals surface area contributed by atoms with Gasteiger partial charge >= 0.3 is 0 Å². The number of aromatic amines is 1. The van der Waals surface area contributed by atoms with Crippen LogP contribution in [0.25, 0.3) is 11.0 Å². The van der Waals surface area contributed by atoms with Gasteiger partial charge in [0, 0.05) is 12.1 Å². The van der Waals surface area contributed by atoms with Crippen molar-refractivity contribution < 1.29 is 14.3 Å². The first-order valence-electron chi connectivity index (χ1n) is 9.38. The third-order valence-electron chi connectivity index (χ3n) is 5.00. The number of ether oxygens (including phenoxy) is 2. The first kappa shape index (κ1) is 18.1. The zero-order valence-electron chi connectivity index (χ0n) is 15.9. The first-order valence-corrected chi connectivity index (χ1v) is 9.38. The number of carbonyl (C=O) groups is 1. The lowest BCUT2D eigenvalue weighted by Gasteiger charge is -2.23. The van der Waals surface area contributed by atoms with Crippen LogP contribution in [0, 0.1) is 0 Å². The number of para-hydroxylation sites is 2. The van der Waals surface area contributed by atoms with Gasteiger partial charge in [-0.1, -0.05) is 24.8 Å². The fourth-order valence-corrected chi connectivity index (χ4v) is 3.66. The van der Waals surface area contributed by atoms with E-state index in [4.69, 9.17) is 14.5 Å². The Morgan fingerprint density at radius 1 is 1.32 bits per heavy atom. The summed E-state index contributed by atoms with van der Waals surface area (Å²) in [6.07, 6.45) is 3.51. The van der Waals surface area contributed by atoms with Gasteiger partial charge in [0.25, 0.3) is 5.91 Å². The Morgan fingerprint density at radius 3 is 2.96 bits per heavy atom. The molecule has 1 N–H and O–H groups in total. The number of nitrogens with zero attached hydrogens (tertiary/aromatic N) is 2. The number of carbonyl (C=O) groups excluding carboxylic acids is 1. The van der Waals surface area contributed by atoms with E-state index in [1.807, 2.05) is 29.2 Å². The van der Waals surface area contributed by atoms with Crippen LogP contribution in [0.5, 0.6) is 11.5 Å². The van der Waals surface area contributed by atoms with Gasteiger partial charge in [0.1, 0.15) is 12.4 Å². The van der Waals surface area contributed by atoms with Crippen LogP contribution >= 0.6 is 0 Å². The monoisotopic (exact) mass is 377 g/mol. The van der Waals surface area contributed by atoms with Crippen molar-refractivity contribution in [1.29, 1.82) is 0 Å². The molecule has 1 amide bonds. The Hall–Kier alpha value is -3.28. The van der Waals surface area contributed by atoms with E-state index in [9.17, 15) is 4.79 Å². The summed E-state index contributed by atoms with van der Waals surface area (Å²) in [5.41, 5.74) is 2.48. The maximum absolute atomic E-state index is 13.2. The number of hydrogen-bond donors (Lipinski definition) is 1.